The Morgan fingerprint density at radius 2 is 2.22 bits per heavy atom. The molecular formula is C14H14FNOS. The van der Waals surface area contributed by atoms with Crippen LogP contribution in [0.2, 0.25) is 0 Å². The van der Waals surface area contributed by atoms with Crippen molar-refractivity contribution in [2.45, 2.75) is 13.3 Å². The SMILES string of the molecule is Cc1cc(C(=O)NCCc2cccs2)ccc1F. The number of carbonyl (C=O) groups is 1. The maximum Gasteiger partial charge on any atom is 0.251 e. The van der Waals surface area contributed by atoms with Crippen LogP contribution in [0.3, 0.4) is 0 Å². The summed E-state index contributed by atoms with van der Waals surface area (Å²) in [5.74, 6) is -0.445. The van der Waals surface area contributed by atoms with E-state index in [0.717, 1.165) is 6.42 Å². The molecule has 0 fully saturated rings. The Morgan fingerprint density at radius 3 is 2.89 bits per heavy atom. The van der Waals surface area contributed by atoms with Gasteiger partial charge in [0.15, 0.2) is 0 Å². The molecule has 1 aromatic carbocycles. The lowest BCUT2D eigenvalue weighted by Gasteiger charge is -2.05. The van der Waals surface area contributed by atoms with Crippen LogP contribution in [0.5, 0.6) is 0 Å². The summed E-state index contributed by atoms with van der Waals surface area (Å²) in [6.45, 7) is 2.24. The highest BCUT2D eigenvalue weighted by atomic mass is 32.1. The van der Waals surface area contributed by atoms with Gasteiger partial charge in [0, 0.05) is 17.0 Å². The van der Waals surface area contributed by atoms with Crippen molar-refractivity contribution < 1.29 is 9.18 Å². The monoisotopic (exact) mass is 263 g/mol. The molecule has 0 unspecified atom stereocenters. The van der Waals surface area contributed by atoms with Crippen molar-refractivity contribution in [1.29, 1.82) is 0 Å². The topological polar surface area (TPSA) is 29.1 Å². The minimum atomic E-state index is -0.287. The Bertz CT molecular complexity index is 537. The van der Waals surface area contributed by atoms with Gasteiger partial charge in [0.25, 0.3) is 5.91 Å². The number of carbonyl (C=O) groups excluding carboxylic acids is 1. The van der Waals surface area contributed by atoms with Crippen LogP contribution < -0.4 is 5.32 Å². The van der Waals surface area contributed by atoms with Crippen molar-refractivity contribution in [3.8, 4) is 0 Å². The molecule has 0 radical (unpaired) electrons. The predicted octanol–water partition coefficient (Wildman–Crippen LogP) is 3.17. The molecule has 2 rings (SSSR count). The first-order valence-electron chi connectivity index (χ1n) is 5.73. The lowest BCUT2D eigenvalue weighted by Crippen LogP contribution is -2.25. The fourth-order valence-electron chi connectivity index (χ4n) is 1.64. The fourth-order valence-corrected chi connectivity index (χ4v) is 2.35. The number of nitrogens with one attached hydrogen (secondary N) is 1. The third kappa shape index (κ3) is 3.17. The van der Waals surface area contributed by atoms with Crippen LogP contribution in [-0.2, 0) is 6.42 Å². The third-order valence-corrected chi connectivity index (χ3v) is 3.59. The van der Waals surface area contributed by atoms with E-state index in [2.05, 4.69) is 5.32 Å². The number of rotatable bonds is 4. The van der Waals surface area contributed by atoms with Gasteiger partial charge < -0.3 is 5.32 Å². The number of halogens is 1. The van der Waals surface area contributed by atoms with E-state index in [4.69, 9.17) is 0 Å². The maximum atomic E-state index is 13.1. The summed E-state index contributed by atoms with van der Waals surface area (Å²) in [7, 11) is 0. The molecule has 1 aromatic heterocycles. The summed E-state index contributed by atoms with van der Waals surface area (Å²) in [5.41, 5.74) is 0.987. The summed E-state index contributed by atoms with van der Waals surface area (Å²) in [6.07, 6.45) is 0.823. The molecule has 0 aliphatic heterocycles. The number of hydrogen-bond donors (Lipinski definition) is 1. The van der Waals surface area contributed by atoms with Crippen LogP contribution in [0.15, 0.2) is 35.7 Å². The first-order valence-corrected chi connectivity index (χ1v) is 6.61. The first-order chi connectivity index (χ1) is 8.66. The van der Waals surface area contributed by atoms with Gasteiger partial charge in [-0.2, -0.15) is 0 Å². The van der Waals surface area contributed by atoms with Crippen molar-refractivity contribution in [2.75, 3.05) is 6.54 Å². The van der Waals surface area contributed by atoms with E-state index in [0.29, 0.717) is 17.7 Å². The summed E-state index contributed by atoms with van der Waals surface area (Å²) in [4.78, 5) is 13.0. The normalized spacial score (nSPS) is 10.3. The van der Waals surface area contributed by atoms with Gasteiger partial charge in [0.2, 0.25) is 0 Å². The maximum absolute atomic E-state index is 13.1. The van der Waals surface area contributed by atoms with E-state index in [1.165, 1.54) is 17.0 Å². The summed E-state index contributed by atoms with van der Waals surface area (Å²) in [6, 6.07) is 8.42. The molecule has 94 valence electrons. The zero-order valence-electron chi connectivity index (χ0n) is 10.1. The first kappa shape index (κ1) is 12.8. The molecule has 18 heavy (non-hydrogen) atoms. The molecule has 2 nitrogen and oxygen atoms in total. The van der Waals surface area contributed by atoms with E-state index in [9.17, 15) is 9.18 Å². The van der Waals surface area contributed by atoms with Crippen LogP contribution in [0, 0.1) is 12.7 Å². The smallest absolute Gasteiger partial charge is 0.251 e. The van der Waals surface area contributed by atoms with Crippen molar-refractivity contribution in [1.82, 2.24) is 5.32 Å². The Balaban J connectivity index is 1.89. The number of aryl methyl sites for hydroxylation is 1. The largest absolute Gasteiger partial charge is 0.352 e. The molecule has 0 bridgehead atoms. The minimum Gasteiger partial charge on any atom is -0.352 e. The number of benzene rings is 1. The molecule has 0 saturated carbocycles. The molecule has 0 atom stereocenters. The van der Waals surface area contributed by atoms with E-state index < -0.39 is 0 Å². The van der Waals surface area contributed by atoms with Crippen LogP contribution >= 0.6 is 11.3 Å². The lowest BCUT2D eigenvalue weighted by atomic mass is 10.1. The van der Waals surface area contributed by atoms with Gasteiger partial charge in [0.05, 0.1) is 0 Å². The zero-order chi connectivity index (χ0) is 13.0. The van der Waals surface area contributed by atoms with Crippen molar-refractivity contribution >= 4 is 17.2 Å². The molecule has 2 aromatic rings. The highest BCUT2D eigenvalue weighted by Gasteiger charge is 2.07. The Hall–Kier alpha value is -1.68. The Kier molecular flexibility index (Phi) is 4.10. The summed E-state index contributed by atoms with van der Waals surface area (Å²) >= 11 is 1.67. The van der Waals surface area contributed by atoms with Crippen LogP contribution in [0.25, 0.3) is 0 Å². The number of hydrogen-bond acceptors (Lipinski definition) is 2. The number of amides is 1. The predicted molar refractivity (Wildman–Crippen MR) is 71.5 cm³/mol. The van der Waals surface area contributed by atoms with Gasteiger partial charge >= 0.3 is 0 Å². The molecule has 1 N–H and O–H groups in total. The lowest BCUT2D eigenvalue weighted by molar-refractivity contribution is 0.0954. The van der Waals surface area contributed by atoms with E-state index in [1.807, 2.05) is 17.5 Å². The quantitative estimate of drug-likeness (QED) is 0.902. The average Bonchev–Trinajstić information content (AvgIpc) is 2.85. The number of thiophene rings is 1. The van der Waals surface area contributed by atoms with Crippen LogP contribution in [0.1, 0.15) is 20.8 Å². The molecular weight excluding hydrogens is 249 g/mol. The summed E-state index contributed by atoms with van der Waals surface area (Å²) in [5, 5.41) is 4.84. The highest BCUT2D eigenvalue weighted by Crippen LogP contribution is 2.10. The summed E-state index contributed by atoms with van der Waals surface area (Å²) < 4.78 is 13.1. The van der Waals surface area contributed by atoms with Crippen molar-refractivity contribution in [3.05, 3.63) is 57.5 Å². The van der Waals surface area contributed by atoms with Crippen LogP contribution in [0.4, 0.5) is 4.39 Å². The second-order valence-electron chi connectivity index (χ2n) is 4.05. The van der Waals surface area contributed by atoms with Gasteiger partial charge in [0.1, 0.15) is 5.82 Å². The van der Waals surface area contributed by atoms with Gasteiger partial charge in [-0.3, -0.25) is 4.79 Å². The Labute approximate surface area is 109 Å². The molecule has 0 saturated heterocycles. The van der Waals surface area contributed by atoms with Gasteiger partial charge in [-0.1, -0.05) is 6.07 Å². The van der Waals surface area contributed by atoms with Gasteiger partial charge in [-0.05, 0) is 48.6 Å². The zero-order valence-corrected chi connectivity index (χ0v) is 10.9. The molecule has 0 aliphatic carbocycles. The van der Waals surface area contributed by atoms with Crippen molar-refractivity contribution in [2.24, 2.45) is 0 Å². The molecule has 1 heterocycles. The molecule has 0 aliphatic rings. The second-order valence-corrected chi connectivity index (χ2v) is 5.08. The van der Waals surface area contributed by atoms with E-state index >= 15 is 0 Å². The average molecular weight is 263 g/mol. The van der Waals surface area contributed by atoms with Crippen molar-refractivity contribution in [3.63, 3.8) is 0 Å². The Morgan fingerprint density at radius 1 is 1.39 bits per heavy atom. The third-order valence-electron chi connectivity index (χ3n) is 2.66. The molecule has 4 heteroatoms. The minimum absolute atomic E-state index is 0.158. The fraction of sp³-hybridized carbons (Fsp3) is 0.214. The molecule has 1 amide bonds. The standard InChI is InChI=1S/C14H14FNOS/c1-10-9-11(4-5-13(10)15)14(17)16-7-6-12-3-2-8-18-12/h2-5,8-9H,6-7H2,1H3,(H,16,17). The second kappa shape index (κ2) is 5.78. The van der Waals surface area contributed by atoms with Gasteiger partial charge in [-0.15, -0.1) is 11.3 Å². The molecule has 0 spiro atoms. The van der Waals surface area contributed by atoms with E-state index in [1.54, 1.807) is 24.3 Å². The van der Waals surface area contributed by atoms with E-state index in [-0.39, 0.29) is 11.7 Å². The van der Waals surface area contributed by atoms with Crippen LogP contribution in [-0.4, -0.2) is 12.5 Å². The van der Waals surface area contributed by atoms with Gasteiger partial charge in [-0.25, -0.2) is 4.39 Å². The highest BCUT2D eigenvalue weighted by molar-refractivity contribution is 7.09.